The molecule has 0 saturated heterocycles. The molecule has 0 fully saturated rings. The van der Waals surface area contributed by atoms with Gasteiger partial charge in [0, 0.05) is 22.5 Å². The first kappa shape index (κ1) is 46.3. The summed E-state index contributed by atoms with van der Waals surface area (Å²) in [6.45, 7) is 23.4. The van der Waals surface area contributed by atoms with E-state index in [1.54, 1.807) is 0 Å². The van der Waals surface area contributed by atoms with Crippen molar-refractivity contribution in [3.8, 4) is 44.5 Å². The van der Waals surface area contributed by atoms with E-state index in [-0.39, 0.29) is 23.5 Å². The van der Waals surface area contributed by atoms with E-state index in [1.807, 2.05) is 0 Å². The second-order valence-corrected chi connectivity index (χ2v) is 21.5. The van der Waals surface area contributed by atoms with Crippen LogP contribution in [0.3, 0.4) is 0 Å². The van der Waals surface area contributed by atoms with Crippen molar-refractivity contribution in [2.75, 3.05) is 4.90 Å². The molecule has 1 aliphatic rings. The van der Waals surface area contributed by atoms with Crippen molar-refractivity contribution in [1.82, 2.24) is 0 Å². The third-order valence-electron chi connectivity index (χ3n) is 15.0. The molecule has 0 amide bonds. The molecule has 1 aliphatic heterocycles. The lowest BCUT2D eigenvalue weighted by Crippen LogP contribution is -2.53. The van der Waals surface area contributed by atoms with Gasteiger partial charge in [0.2, 0.25) is 6.71 Å². The van der Waals surface area contributed by atoms with E-state index in [0.29, 0.717) is 0 Å². The Bertz CT molecular complexity index is 3180. The summed E-state index contributed by atoms with van der Waals surface area (Å²) in [4.78, 5) is 2.66. The van der Waals surface area contributed by atoms with Gasteiger partial charge < -0.3 is 4.90 Å². The predicted octanol–water partition coefficient (Wildman–Crippen LogP) is 17.1. The van der Waals surface area contributed by atoms with E-state index in [0.717, 1.165) is 5.69 Å². The maximum absolute atomic E-state index is 4.57. The molecule has 9 aromatic carbocycles. The number of hydrogen-bond acceptors (Lipinski definition) is 1. The van der Waals surface area contributed by atoms with E-state index < -0.39 is 5.41 Å². The summed E-state index contributed by atoms with van der Waals surface area (Å²) in [5.41, 5.74) is 21.4. The summed E-state index contributed by atoms with van der Waals surface area (Å²) in [7, 11) is 0. The maximum atomic E-state index is 4.57. The van der Waals surface area contributed by atoms with Gasteiger partial charge in [-0.1, -0.05) is 273 Å². The number of anilines is 3. The number of rotatable bonds is 10. The molecule has 0 N–H and O–H groups in total. The van der Waals surface area contributed by atoms with Crippen LogP contribution in [0.15, 0.2) is 231 Å². The summed E-state index contributed by atoms with van der Waals surface area (Å²) >= 11 is 0. The van der Waals surface area contributed by atoms with Crippen LogP contribution in [0.4, 0.5) is 17.1 Å². The van der Waals surface area contributed by atoms with Crippen molar-refractivity contribution in [3.63, 3.8) is 0 Å². The molecular formula is C68H64BN. The van der Waals surface area contributed by atoms with E-state index in [1.165, 1.54) is 94.6 Å². The zero-order valence-electron chi connectivity index (χ0n) is 42.2. The molecule has 0 saturated carbocycles. The molecule has 0 aromatic heterocycles. The topological polar surface area (TPSA) is 3.24 Å². The van der Waals surface area contributed by atoms with Crippen LogP contribution in [0, 0.1) is 5.92 Å². The predicted molar refractivity (Wildman–Crippen MR) is 303 cm³/mol. The van der Waals surface area contributed by atoms with Gasteiger partial charge in [-0.2, -0.15) is 0 Å². The molecule has 2 heteroatoms. The molecule has 1 heterocycles. The molecule has 1 nitrogen and oxygen atoms in total. The Balaban J connectivity index is 1.40. The van der Waals surface area contributed by atoms with E-state index in [2.05, 4.69) is 291 Å². The lowest BCUT2D eigenvalue weighted by molar-refractivity contribution is 0.485. The molecule has 0 bridgehead atoms. The third kappa shape index (κ3) is 8.24. The number of nitrogens with zero attached hydrogens (tertiary/aromatic N) is 1. The number of allylic oxidation sites excluding steroid dienone is 1. The minimum Gasteiger partial charge on any atom is -0.310 e. The number of hydrogen-bond donors (Lipinski definition) is 0. The Kier molecular flexibility index (Phi) is 12.2. The normalized spacial score (nSPS) is 13.1. The first-order chi connectivity index (χ1) is 33.8. The minimum atomic E-state index is -0.617. The number of para-hydroxylation sites is 1. The average molecular weight is 906 g/mol. The SMILES string of the molecule is C=CC(C)C(c1ccccc1)(c1ccccc1)c1cc(-c2ccccc2)cc2c1B(C)c1ccc(-c3cc(C(C)(C)C)cc(C(C)(C)C)c3)cc1N2c1c(-c2ccccc2)cccc1-c1ccccc1. The molecule has 0 radical (unpaired) electrons. The highest BCUT2D eigenvalue weighted by molar-refractivity contribution is 6.87. The first-order valence-corrected chi connectivity index (χ1v) is 25.1. The number of fused-ring (bicyclic) bond motifs is 2. The van der Waals surface area contributed by atoms with E-state index in [9.17, 15) is 0 Å². The highest BCUT2D eigenvalue weighted by atomic mass is 15.2. The van der Waals surface area contributed by atoms with Crippen LogP contribution in [0.2, 0.25) is 6.82 Å². The molecule has 344 valence electrons. The third-order valence-corrected chi connectivity index (χ3v) is 15.0. The van der Waals surface area contributed by atoms with Crippen LogP contribution in [0.1, 0.15) is 76.3 Å². The highest BCUT2D eigenvalue weighted by Crippen LogP contribution is 2.52. The van der Waals surface area contributed by atoms with Crippen molar-refractivity contribution >= 4 is 34.7 Å². The van der Waals surface area contributed by atoms with Gasteiger partial charge in [0.25, 0.3) is 0 Å². The van der Waals surface area contributed by atoms with Crippen molar-refractivity contribution in [2.24, 2.45) is 5.92 Å². The van der Waals surface area contributed by atoms with Crippen molar-refractivity contribution in [2.45, 2.75) is 71.5 Å². The molecule has 1 unspecified atom stereocenters. The Morgan fingerprint density at radius 2 is 0.871 bits per heavy atom. The average Bonchev–Trinajstić information content (AvgIpc) is 3.39. The van der Waals surface area contributed by atoms with Crippen LogP contribution in [0.25, 0.3) is 44.5 Å². The van der Waals surface area contributed by atoms with Crippen LogP contribution in [-0.2, 0) is 16.2 Å². The van der Waals surface area contributed by atoms with Gasteiger partial charge in [-0.05, 0) is 95.5 Å². The summed E-state index contributed by atoms with van der Waals surface area (Å²) in [5, 5.41) is 0. The monoisotopic (exact) mass is 906 g/mol. The molecule has 10 rings (SSSR count). The van der Waals surface area contributed by atoms with Crippen LogP contribution in [-0.4, -0.2) is 6.71 Å². The van der Waals surface area contributed by atoms with E-state index in [4.69, 9.17) is 0 Å². The zero-order valence-corrected chi connectivity index (χ0v) is 42.2. The summed E-state index contributed by atoms with van der Waals surface area (Å²) in [5.74, 6) is 0.000404. The fourth-order valence-electron chi connectivity index (χ4n) is 11.2. The smallest absolute Gasteiger partial charge is 0.212 e. The minimum absolute atomic E-state index is 0.000404. The number of benzene rings is 9. The van der Waals surface area contributed by atoms with Gasteiger partial charge in [0.05, 0.1) is 11.1 Å². The summed E-state index contributed by atoms with van der Waals surface area (Å²) in [6, 6.07) is 81.8. The second kappa shape index (κ2) is 18.5. The molecular weight excluding hydrogens is 842 g/mol. The van der Waals surface area contributed by atoms with Crippen LogP contribution >= 0.6 is 0 Å². The Morgan fingerprint density at radius 1 is 0.429 bits per heavy atom. The maximum Gasteiger partial charge on any atom is 0.212 e. The van der Waals surface area contributed by atoms with Crippen LogP contribution in [0.5, 0.6) is 0 Å². The Morgan fingerprint density at radius 3 is 1.34 bits per heavy atom. The molecule has 70 heavy (non-hydrogen) atoms. The first-order valence-electron chi connectivity index (χ1n) is 25.1. The van der Waals surface area contributed by atoms with Gasteiger partial charge in [0.1, 0.15) is 0 Å². The fourth-order valence-corrected chi connectivity index (χ4v) is 11.2. The van der Waals surface area contributed by atoms with Gasteiger partial charge in [0.15, 0.2) is 0 Å². The molecule has 1 atom stereocenters. The second-order valence-electron chi connectivity index (χ2n) is 21.5. The zero-order chi connectivity index (χ0) is 48.8. The van der Waals surface area contributed by atoms with Gasteiger partial charge in [-0.15, -0.1) is 6.58 Å². The largest absolute Gasteiger partial charge is 0.310 e. The van der Waals surface area contributed by atoms with Crippen molar-refractivity contribution in [3.05, 3.63) is 259 Å². The van der Waals surface area contributed by atoms with Gasteiger partial charge in [-0.3, -0.25) is 0 Å². The standard InChI is InChI=1S/C68H64BN/c1-10-47(2)68(54-33-22-14-23-34-54,55-35-24-15-25-36-55)60-43-53(48-27-16-11-17-28-48)45-63-64(60)69(9)61-40-39-51(52-41-56(66(3,4)5)46-57(42-52)67(6,7)8)44-62(61)70(63)65-58(49-29-18-12-19-30-49)37-26-38-59(65)50-31-20-13-21-32-50/h10-47H,1H2,2-9H3. The Labute approximate surface area is 418 Å². The fraction of sp³-hybridized carbons (Fsp3) is 0.176. The van der Waals surface area contributed by atoms with Crippen LogP contribution < -0.4 is 15.8 Å². The van der Waals surface area contributed by atoms with E-state index >= 15 is 0 Å². The quantitative estimate of drug-likeness (QED) is 0.0751. The molecule has 0 spiro atoms. The lowest BCUT2D eigenvalue weighted by atomic mass is 9.37. The Hall–Kier alpha value is -7.42. The van der Waals surface area contributed by atoms with Gasteiger partial charge >= 0.3 is 0 Å². The van der Waals surface area contributed by atoms with Gasteiger partial charge in [-0.25, -0.2) is 0 Å². The lowest BCUT2D eigenvalue weighted by Gasteiger charge is -2.46. The van der Waals surface area contributed by atoms with Crippen molar-refractivity contribution < 1.29 is 0 Å². The summed E-state index contributed by atoms with van der Waals surface area (Å²) in [6.07, 6.45) is 2.17. The summed E-state index contributed by atoms with van der Waals surface area (Å²) < 4.78 is 0. The van der Waals surface area contributed by atoms with Crippen molar-refractivity contribution in [1.29, 1.82) is 0 Å². The molecule has 0 aliphatic carbocycles. The molecule has 9 aromatic rings. The highest BCUT2D eigenvalue weighted by Gasteiger charge is 2.46.